The van der Waals surface area contributed by atoms with E-state index in [0.29, 0.717) is 11.9 Å². The second-order valence-corrected chi connectivity index (χ2v) is 5.10. The van der Waals surface area contributed by atoms with Crippen molar-refractivity contribution in [2.45, 2.75) is 32.7 Å². The first-order chi connectivity index (χ1) is 8.72. The Hall–Kier alpha value is -1.77. The molecule has 1 aromatic carbocycles. The first-order valence-electron chi connectivity index (χ1n) is 6.51. The average molecular weight is 242 g/mol. The maximum Gasteiger partial charge on any atom is 0.191 e. The summed E-state index contributed by atoms with van der Waals surface area (Å²) >= 11 is 0. The van der Waals surface area contributed by atoms with Crippen LogP contribution in [0, 0.1) is 12.8 Å². The molecule has 1 aromatic heterocycles. The highest BCUT2D eigenvalue weighted by molar-refractivity contribution is 5.62. The van der Waals surface area contributed by atoms with Crippen molar-refractivity contribution in [2.24, 2.45) is 5.92 Å². The first kappa shape index (κ1) is 11.3. The summed E-state index contributed by atoms with van der Waals surface area (Å²) in [7, 11) is 0. The molecule has 0 radical (unpaired) electrons. The monoisotopic (exact) mass is 242 g/mol. The molecule has 0 aliphatic heterocycles. The van der Waals surface area contributed by atoms with Gasteiger partial charge in [-0.1, -0.05) is 12.1 Å². The lowest BCUT2D eigenvalue weighted by Gasteiger charge is -2.14. The molecule has 3 rings (SSSR count). The van der Waals surface area contributed by atoms with Gasteiger partial charge in [-0.3, -0.25) is 0 Å². The van der Waals surface area contributed by atoms with Gasteiger partial charge in [-0.2, -0.15) is 0 Å². The van der Waals surface area contributed by atoms with Gasteiger partial charge in [0.05, 0.1) is 0 Å². The fraction of sp³-hybridized carbons (Fsp3) is 0.400. The van der Waals surface area contributed by atoms with Crippen LogP contribution in [-0.2, 0) is 0 Å². The Bertz CT molecular complexity index is 526. The summed E-state index contributed by atoms with van der Waals surface area (Å²) in [5.74, 6) is 1.57. The predicted molar refractivity (Wildman–Crippen MR) is 72.5 cm³/mol. The minimum atomic E-state index is 0.574. The number of benzene rings is 1. The predicted octanol–water partition coefficient (Wildman–Crippen LogP) is 3.86. The fourth-order valence-corrected chi connectivity index (χ4v) is 2.21. The minimum absolute atomic E-state index is 0.574. The number of oxazole rings is 1. The molecule has 1 aliphatic carbocycles. The van der Waals surface area contributed by atoms with Crippen molar-refractivity contribution in [3.63, 3.8) is 0 Å². The van der Waals surface area contributed by atoms with E-state index in [-0.39, 0.29) is 0 Å². The number of anilines is 1. The number of hydrogen-bond acceptors (Lipinski definition) is 3. The van der Waals surface area contributed by atoms with Gasteiger partial charge in [-0.15, -0.1) is 0 Å². The number of hydrogen-bond donors (Lipinski definition) is 1. The zero-order chi connectivity index (χ0) is 12.5. The van der Waals surface area contributed by atoms with E-state index in [1.54, 1.807) is 6.26 Å². The number of nitrogens with one attached hydrogen (secondary N) is 1. The molecule has 1 fully saturated rings. The molecule has 94 valence electrons. The molecule has 0 spiro atoms. The Kier molecular flexibility index (Phi) is 2.82. The zero-order valence-electron chi connectivity index (χ0n) is 10.8. The van der Waals surface area contributed by atoms with E-state index in [9.17, 15) is 0 Å². The Morgan fingerprint density at radius 1 is 1.28 bits per heavy atom. The van der Waals surface area contributed by atoms with Crippen LogP contribution in [0.2, 0.25) is 0 Å². The average Bonchev–Trinajstić information content (AvgIpc) is 3.13. The summed E-state index contributed by atoms with van der Waals surface area (Å²) < 4.78 is 5.23. The van der Waals surface area contributed by atoms with Gasteiger partial charge in [0.15, 0.2) is 5.89 Å². The molecule has 1 saturated carbocycles. The molecule has 0 saturated heterocycles. The quantitative estimate of drug-likeness (QED) is 0.884. The second kappa shape index (κ2) is 4.48. The van der Waals surface area contributed by atoms with Crippen molar-refractivity contribution in [1.29, 1.82) is 0 Å². The van der Waals surface area contributed by atoms with Crippen LogP contribution in [0.3, 0.4) is 0 Å². The van der Waals surface area contributed by atoms with E-state index in [2.05, 4.69) is 41.5 Å². The van der Waals surface area contributed by atoms with Gasteiger partial charge in [0.2, 0.25) is 0 Å². The molecule has 1 aliphatic rings. The molecule has 0 bridgehead atoms. The highest BCUT2D eigenvalue weighted by Crippen LogP contribution is 2.34. The molecule has 1 atom stereocenters. The van der Waals surface area contributed by atoms with E-state index in [4.69, 9.17) is 4.42 Å². The Morgan fingerprint density at radius 2 is 2.00 bits per heavy atom. The largest absolute Gasteiger partial charge is 0.449 e. The zero-order valence-corrected chi connectivity index (χ0v) is 10.8. The molecule has 3 heteroatoms. The Labute approximate surface area is 107 Å². The summed E-state index contributed by atoms with van der Waals surface area (Å²) in [6.45, 7) is 4.11. The van der Waals surface area contributed by atoms with E-state index in [0.717, 1.165) is 17.2 Å². The van der Waals surface area contributed by atoms with Crippen molar-refractivity contribution in [2.75, 3.05) is 5.32 Å². The third-order valence-corrected chi connectivity index (χ3v) is 3.52. The number of aromatic nitrogens is 1. The van der Waals surface area contributed by atoms with Crippen molar-refractivity contribution >= 4 is 5.69 Å². The van der Waals surface area contributed by atoms with Gasteiger partial charge in [-0.05, 0) is 37.8 Å². The van der Waals surface area contributed by atoms with Gasteiger partial charge in [0.1, 0.15) is 12.0 Å². The first-order valence-corrected chi connectivity index (χ1v) is 6.51. The van der Waals surface area contributed by atoms with Crippen LogP contribution in [0.25, 0.3) is 11.3 Å². The SMILES string of the molecule is Cc1nc(-c2ccc(NC(C)C3CC3)cc2)co1. The molecule has 1 heterocycles. The smallest absolute Gasteiger partial charge is 0.191 e. The summed E-state index contributed by atoms with van der Waals surface area (Å²) in [4.78, 5) is 4.32. The lowest BCUT2D eigenvalue weighted by molar-refractivity contribution is 0.521. The molecular formula is C15H18N2O. The second-order valence-electron chi connectivity index (χ2n) is 5.10. The summed E-state index contributed by atoms with van der Waals surface area (Å²) in [6.07, 6.45) is 4.43. The molecule has 2 aromatic rings. The minimum Gasteiger partial charge on any atom is -0.449 e. The molecular weight excluding hydrogens is 224 g/mol. The normalized spacial score (nSPS) is 16.6. The highest BCUT2D eigenvalue weighted by atomic mass is 16.3. The van der Waals surface area contributed by atoms with Crippen LogP contribution < -0.4 is 5.32 Å². The Balaban J connectivity index is 1.72. The van der Waals surface area contributed by atoms with E-state index in [1.807, 2.05) is 6.92 Å². The maximum absolute atomic E-state index is 5.23. The molecule has 18 heavy (non-hydrogen) atoms. The fourth-order valence-electron chi connectivity index (χ4n) is 2.21. The van der Waals surface area contributed by atoms with Gasteiger partial charge in [-0.25, -0.2) is 4.98 Å². The number of aryl methyl sites for hydroxylation is 1. The van der Waals surface area contributed by atoms with E-state index >= 15 is 0 Å². The van der Waals surface area contributed by atoms with Crippen molar-refractivity contribution in [3.8, 4) is 11.3 Å². The number of rotatable bonds is 4. The lowest BCUT2D eigenvalue weighted by atomic mass is 10.1. The van der Waals surface area contributed by atoms with Crippen LogP contribution in [0.1, 0.15) is 25.7 Å². The summed E-state index contributed by atoms with van der Waals surface area (Å²) in [5.41, 5.74) is 3.17. The van der Waals surface area contributed by atoms with Crippen molar-refractivity contribution in [1.82, 2.24) is 4.98 Å². The molecule has 0 amide bonds. The van der Waals surface area contributed by atoms with Crippen LogP contribution in [0.5, 0.6) is 0 Å². The summed E-state index contributed by atoms with van der Waals surface area (Å²) in [5, 5.41) is 3.54. The van der Waals surface area contributed by atoms with Gasteiger partial charge in [0.25, 0.3) is 0 Å². The Morgan fingerprint density at radius 3 is 2.56 bits per heavy atom. The highest BCUT2D eigenvalue weighted by Gasteiger charge is 2.27. The van der Waals surface area contributed by atoms with E-state index in [1.165, 1.54) is 18.5 Å². The van der Waals surface area contributed by atoms with Crippen LogP contribution in [0.15, 0.2) is 34.9 Å². The van der Waals surface area contributed by atoms with Crippen molar-refractivity contribution in [3.05, 3.63) is 36.4 Å². The summed E-state index contributed by atoms with van der Waals surface area (Å²) in [6, 6.07) is 8.96. The van der Waals surface area contributed by atoms with E-state index < -0.39 is 0 Å². The lowest BCUT2D eigenvalue weighted by Crippen LogP contribution is -2.16. The van der Waals surface area contributed by atoms with Gasteiger partial charge < -0.3 is 9.73 Å². The molecule has 1 N–H and O–H groups in total. The number of nitrogens with zero attached hydrogens (tertiary/aromatic N) is 1. The van der Waals surface area contributed by atoms with Crippen LogP contribution >= 0.6 is 0 Å². The van der Waals surface area contributed by atoms with Gasteiger partial charge >= 0.3 is 0 Å². The molecule has 1 unspecified atom stereocenters. The standard InChI is InChI=1S/C15H18N2O/c1-10(12-3-4-12)16-14-7-5-13(6-8-14)15-9-18-11(2)17-15/h5-10,12,16H,3-4H2,1-2H3. The third kappa shape index (κ3) is 2.40. The van der Waals surface area contributed by atoms with Crippen molar-refractivity contribution < 1.29 is 4.42 Å². The van der Waals surface area contributed by atoms with Gasteiger partial charge in [0, 0.05) is 24.2 Å². The molecule has 3 nitrogen and oxygen atoms in total. The maximum atomic E-state index is 5.23. The topological polar surface area (TPSA) is 38.1 Å². The van der Waals surface area contributed by atoms with Crippen LogP contribution in [0.4, 0.5) is 5.69 Å². The van der Waals surface area contributed by atoms with Crippen LogP contribution in [-0.4, -0.2) is 11.0 Å². The third-order valence-electron chi connectivity index (χ3n) is 3.52.